The lowest BCUT2D eigenvalue weighted by atomic mass is 10.3. The second-order valence-electron chi connectivity index (χ2n) is 3.07. The number of carbonyl (C=O) groups is 1. The summed E-state index contributed by atoms with van der Waals surface area (Å²) in [7, 11) is 0. The average molecular weight is 182 g/mol. The third-order valence-corrected chi connectivity index (χ3v) is 2.22. The number of terminal acetylenes is 1. The van der Waals surface area contributed by atoms with Gasteiger partial charge in [-0.05, 0) is 0 Å². The first kappa shape index (κ1) is 9.87. The van der Waals surface area contributed by atoms with Crippen LogP contribution in [0.1, 0.15) is 6.42 Å². The van der Waals surface area contributed by atoms with Gasteiger partial charge in [-0.2, -0.15) is 0 Å². The lowest BCUT2D eigenvalue weighted by Gasteiger charge is -2.32. The molecule has 0 radical (unpaired) electrons. The van der Waals surface area contributed by atoms with Gasteiger partial charge in [0.2, 0.25) is 0 Å². The first-order valence-electron chi connectivity index (χ1n) is 4.37. The van der Waals surface area contributed by atoms with Crippen molar-refractivity contribution in [3.63, 3.8) is 0 Å². The predicted molar refractivity (Wildman–Crippen MR) is 49.5 cm³/mol. The summed E-state index contributed by atoms with van der Waals surface area (Å²) in [5.41, 5.74) is 0. The maximum absolute atomic E-state index is 10.6. The van der Waals surface area contributed by atoms with Gasteiger partial charge in [0.15, 0.2) is 0 Å². The molecule has 72 valence electrons. The van der Waals surface area contributed by atoms with E-state index in [0.29, 0.717) is 13.1 Å². The fourth-order valence-corrected chi connectivity index (χ4v) is 1.39. The molecule has 0 spiro atoms. The van der Waals surface area contributed by atoms with E-state index in [2.05, 4.69) is 10.8 Å². The molecular weight excluding hydrogens is 168 g/mol. The molecule has 0 bridgehead atoms. The van der Waals surface area contributed by atoms with Gasteiger partial charge >= 0.3 is 6.09 Å². The molecule has 0 aromatic carbocycles. The van der Waals surface area contributed by atoms with Gasteiger partial charge in [0.25, 0.3) is 0 Å². The summed E-state index contributed by atoms with van der Waals surface area (Å²) in [4.78, 5) is 14.2. The molecular formula is C9H14N2O2. The Morgan fingerprint density at radius 1 is 1.38 bits per heavy atom. The van der Waals surface area contributed by atoms with E-state index in [1.54, 1.807) is 0 Å². The van der Waals surface area contributed by atoms with E-state index in [1.165, 1.54) is 4.90 Å². The molecule has 1 aliphatic heterocycles. The van der Waals surface area contributed by atoms with Gasteiger partial charge < -0.3 is 10.0 Å². The quantitative estimate of drug-likeness (QED) is 0.625. The summed E-state index contributed by atoms with van der Waals surface area (Å²) in [5, 5.41) is 8.68. The van der Waals surface area contributed by atoms with Crippen LogP contribution in [0.2, 0.25) is 0 Å². The van der Waals surface area contributed by atoms with Crippen molar-refractivity contribution >= 4 is 6.09 Å². The van der Waals surface area contributed by atoms with Gasteiger partial charge in [0.1, 0.15) is 0 Å². The first-order valence-corrected chi connectivity index (χ1v) is 4.37. The summed E-state index contributed by atoms with van der Waals surface area (Å²) in [6.45, 7) is 3.67. The molecule has 4 heteroatoms. The topological polar surface area (TPSA) is 43.8 Å². The van der Waals surface area contributed by atoms with Crippen LogP contribution in [0.15, 0.2) is 0 Å². The van der Waals surface area contributed by atoms with Crippen LogP contribution in [0.3, 0.4) is 0 Å². The predicted octanol–water partition coefficient (Wildman–Crippen LogP) is 0.305. The fraction of sp³-hybridized carbons (Fsp3) is 0.667. The smallest absolute Gasteiger partial charge is 0.407 e. The Balaban J connectivity index is 2.23. The Morgan fingerprint density at radius 2 is 2.00 bits per heavy atom. The number of hydrogen-bond acceptors (Lipinski definition) is 2. The van der Waals surface area contributed by atoms with Crippen molar-refractivity contribution in [1.82, 2.24) is 9.80 Å². The van der Waals surface area contributed by atoms with E-state index in [9.17, 15) is 4.79 Å². The van der Waals surface area contributed by atoms with Crippen molar-refractivity contribution in [2.24, 2.45) is 0 Å². The lowest BCUT2D eigenvalue weighted by molar-refractivity contribution is 0.106. The molecule has 13 heavy (non-hydrogen) atoms. The minimum atomic E-state index is -0.823. The van der Waals surface area contributed by atoms with E-state index >= 15 is 0 Å². The lowest BCUT2D eigenvalue weighted by Crippen LogP contribution is -2.48. The highest BCUT2D eigenvalue weighted by molar-refractivity contribution is 5.65. The van der Waals surface area contributed by atoms with Crippen LogP contribution in [-0.2, 0) is 0 Å². The number of piperazine rings is 1. The highest BCUT2D eigenvalue weighted by Crippen LogP contribution is 2.01. The molecule has 0 aliphatic carbocycles. The molecule has 1 saturated heterocycles. The molecule has 0 atom stereocenters. The Bertz CT molecular complexity index is 214. The van der Waals surface area contributed by atoms with E-state index in [0.717, 1.165) is 26.1 Å². The molecule has 0 saturated carbocycles. The maximum atomic E-state index is 10.6. The number of rotatable bonds is 2. The van der Waals surface area contributed by atoms with E-state index in [4.69, 9.17) is 11.5 Å². The zero-order valence-electron chi connectivity index (χ0n) is 7.57. The molecule has 0 aromatic rings. The summed E-state index contributed by atoms with van der Waals surface area (Å²) in [6.07, 6.45) is 5.06. The monoisotopic (exact) mass is 182 g/mol. The number of amides is 1. The minimum Gasteiger partial charge on any atom is -0.465 e. The zero-order chi connectivity index (χ0) is 9.68. The van der Waals surface area contributed by atoms with Crippen molar-refractivity contribution in [3.05, 3.63) is 0 Å². The van der Waals surface area contributed by atoms with Crippen molar-refractivity contribution in [2.75, 3.05) is 32.7 Å². The van der Waals surface area contributed by atoms with Crippen molar-refractivity contribution in [2.45, 2.75) is 6.42 Å². The van der Waals surface area contributed by atoms with E-state index in [1.807, 2.05) is 0 Å². The normalized spacial score (nSPS) is 18.2. The number of carboxylic acid groups (broad SMARTS) is 1. The van der Waals surface area contributed by atoms with Crippen LogP contribution in [0.4, 0.5) is 4.79 Å². The largest absolute Gasteiger partial charge is 0.465 e. The third kappa shape index (κ3) is 2.96. The first-order chi connectivity index (χ1) is 6.24. The Labute approximate surface area is 78.1 Å². The molecule has 1 heterocycles. The summed E-state index contributed by atoms with van der Waals surface area (Å²) < 4.78 is 0. The van der Waals surface area contributed by atoms with Crippen LogP contribution < -0.4 is 0 Å². The standard InChI is InChI=1S/C9H14N2O2/c1-2-3-4-10-5-7-11(8-6-10)9(12)13/h1H,3-8H2,(H,12,13). The van der Waals surface area contributed by atoms with Crippen molar-refractivity contribution < 1.29 is 9.90 Å². The Morgan fingerprint density at radius 3 is 2.46 bits per heavy atom. The molecule has 1 rings (SSSR count). The Hall–Kier alpha value is -1.21. The second kappa shape index (κ2) is 4.73. The highest BCUT2D eigenvalue weighted by atomic mass is 16.4. The molecule has 0 unspecified atom stereocenters. The maximum Gasteiger partial charge on any atom is 0.407 e. The molecule has 1 N–H and O–H groups in total. The van der Waals surface area contributed by atoms with Gasteiger partial charge in [-0.15, -0.1) is 12.3 Å². The van der Waals surface area contributed by atoms with Crippen LogP contribution in [-0.4, -0.2) is 53.7 Å². The summed E-state index contributed by atoms with van der Waals surface area (Å²) in [6, 6.07) is 0. The summed E-state index contributed by atoms with van der Waals surface area (Å²) in [5.74, 6) is 2.58. The molecule has 1 aliphatic rings. The SMILES string of the molecule is C#CCCN1CCN(C(=O)O)CC1. The number of hydrogen-bond donors (Lipinski definition) is 1. The second-order valence-corrected chi connectivity index (χ2v) is 3.07. The molecule has 4 nitrogen and oxygen atoms in total. The molecule has 0 aromatic heterocycles. The Kier molecular flexibility index (Phi) is 3.59. The summed E-state index contributed by atoms with van der Waals surface area (Å²) >= 11 is 0. The highest BCUT2D eigenvalue weighted by Gasteiger charge is 2.19. The number of nitrogens with zero attached hydrogens (tertiary/aromatic N) is 2. The van der Waals surface area contributed by atoms with Gasteiger partial charge in [0, 0.05) is 39.1 Å². The van der Waals surface area contributed by atoms with Gasteiger partial charge in [-0.1, -0.05) is 0 Å². The van der Waals surface area contributed by atoms with E-state index in [-0.39, 0.29) is 0 Å². The van der Waals surface area contributed by atoms with Crippen LogP contribution in [0.5, 0.6) is 0 Å². The fourth-order valence-electron chi connectivity index (χ4n) is 1.39. The van der Waals surface area contributed by atoms with Crippen molar-refractivity contribution in [1.29, 1.82) is 0 Å². The molecule has 1 fully saturated rings. The van der Waals surface area contributed by atoms with Crippen LogP contribution in [0, 0.1) is 12.3 Å². The van der Waals surface area contributed by atoms with E-state index < -0.39 is 6.09 Å². The van der Waals surface area contributed by atoms with Crippen molar-refractivity contribution in [3.8, 4) is 12.3 Å². The molecule has 1 amide bonds. The van der Waals surface area contributed by atoms with Gasteiger partial charge in [-0.3, -0.25) is 4.90 Å². The zero-order valence-corrected chi connectivity index (χ0v) is 7.57. The minimum absolute atomic E-state index is 0.597. The van der Waals surface area contributed by atoms with Crippen LogP contribution in [0.25, 0.3) is 0 Å². The third-order valence-electron chi connectivity index (χ3n) is 2.22. The van der Waals surface area contributed by atoms with Gasteiger partial charge in [0.05, 0.1) is 0 Å². The van der Waals surface area contributed by atoms with Gasteiger partial charge in [-0.25, -0.2) is 4.79 Å². The average Bonchev–Trinajstić information content (AvgIpc) is 2.15. The van der Waals surface area contributed by atoms with Crippen LogP contribution >= 0.6 is 0 Å².